The van der Waals surface area contributed by atoms with Crippen LogP contribution in [0.4, 0.5) is 11.4 Å². The maximum absolute atomic E-state index is 13.6. The Morgan fingerprint density at radius 1 is 0.554 bits per heavy atom. The highest BCUT2D eigenvalue weighted by Gasteiger charge is 2.36. The van der Waals surface area contributed by atoms with E-state index in [2.05, 4.69) is 0 Å². The van der Waals surface area contributed by atoms with Gasteiger partial charge in [-0.15, -0.1) is 0 Å². The Morgan fingerprint density at radius 2 is 0.923 bits per heavy atom. The number of rotatable bonds is 13. The second kappa shape index (κ2) is 21.0. The average molecular weight is 954 g/mol. The van der Waals surface area contributed by atoms with Gasteiger partial charge in [0, 0.05) is 23.1 Å². The Bertz CT molecular complexity index is 2770. The number of carbonyl (C=O) groups excluding carboxylic acids is 2. The number of hydrogen-bond donors (Lipinski definition) is 0. The SMILES string of the molecule is COc1ccc(S(=O)(=O)N(CC(=O)N2CCCC2c2ccccc2)c2ccc(Cl)cc2)cc1.Cc1ccc(S(=O)(=O)N(CC(=O)N2CCCC2c2ccccc2)c2ccc(Cl)cc2)cc1. The lowest BCUT2D eigenvalue weighted by Crippen LogP contribution is -2.42. The lowest BCUT2D eigenvalue weighted by molar-refractivity contribution is -0.131. The molecule has 0 radical (unpaired) electrons. The van der Waals surface area contributed by atoms with Crippen molar-refractivity contribution in [3.8, 4) is 5.75 Å². The largest absolute Gasteiger partial charge is 0.497 e. The number of aryl methyl sites for hydroxylation is 1. The van der Waals surface area contributed by atoms with Crippen LogP contribution < -0.4 is 13.3 Å². The Morgan fingerprint density at radius 3 is 1.29 bits per heavy atom. The summed E-state index contributed by atoms with van der Waals surface area (Å²) in [6.45, 7) is 2.52. The summed E-state index contributed by atoms with van der Waals surface area (Å²) >= 11 is 12.0. The van der Waals surface area contributed by atoms with Crippen LogP contribution in [0.1, 0.15) is 54.5 Å². The molecule has 6 aromatic rings. The zero-order valence-electron chi connectivity index (χ0n) is 36.0. The molecule has 0 N–H and O–H groups in total. The van der Waals surface area contributed by atoms with E-state index in [9.17, 15) is 26.4 Å². The van der Waals surface area contributed by atoms with Gasteiger partial charge in [0.15, 0.2) is 0 Å². The number of amides is 2. The second-order valence-corrected chi connectivity index (χ2v) is 20.4. The zero-order valence-corrected chi connectivity index (χ0v) is 39.2. The van der Waals surface area contributed by atoms with E-state index in [1.807, 2.05) is 67.6 Å². The Hall–Kier alpha value is -5.86. The number of hydrogen-bond acceptors (Lipinski definition) is 7. The van der Waals surface area contributed by atoms with Gasteiger partial charge >= 0.3 is 0 Å². The smallest absolute Gasteiger partial charge is 0.264 e. The topological polar surface area (TPSA) is 125 Å². The monoisotopic (exact) mass is 952 g/mol. The van der Waals surface area contributed by atoms with Crippen molar-refractivity contribution in [3.05, 3.63) is 184 Å². The van der Waals surface area contributed by atoms with Crippen molar-refractivity contribution >= 4 is 66.4 Å². The second-order valence-electron chi connectivity index (χ2n) is 15.8. The van der Waals surface area contributed by atoms with E-state index in [0.717, 1.165) is 46.7 Å². The maximum Gasteiger partial charge on any atom is 0.264 e. The van der Waals surface area contributed by atoms with E-state index in [-0.39, 0.29) is 46.8 Å². The lowest BCUT2D eigenvalue weighted by atomic mass is 10.0. The fourth-order valence-corrected chi connectivity index (χ4v) is 11.2. The van der Waals surface area contributed by atoms with E-state index in [4.69, 9.17) is 27.9 Å². The van der Waals surface area contributed by atoms with Gasteiger partial charge in [0.05, 0.1) is 40.4 Å². The van der Waals surface area contributed by atoms with E-state index >= 15 is 0 Å². The lowest BCUT2D eigenvalue weighted by Gasteiger charge is -2.30. The Labute approximate surface area is 391 Å². The molecule has 0 aliphatic carbocycles. The number of nitrogens with zero attached hydrogens (tertiary/aromatic N) is 4. The van der Waals surface area contributed by atoms with Crippen LogP contribution in [0.25, 0.3) is 0 Å². The van der Waals surface area contributed by atoms with Gasteiger partial charge in [-0.2, -0.15) is 0 Å². The van der Waals surface area contributed by atoms with Crippen LogP contribution in [0.5, 0.6) is 5.75 Å². The number of halogens is 2. The van der Waals surface area contributed by atoms with Gasteiger partial charge in [-0.1, -0.05) is 102 Å². The van der Waals surface area contributed by atoms with Crippen LogP contribution in [-0.4, -0.2) is 71.7 Å². The van der Waals surface area contributed by atoms with Gasteiger partial charge < -0.3 is 14.5 Å². The normalized spacial score (nSPS) is 16.1. The van der Waals surface area contributed by atoms with Gasteiger partial charge in [0.1, 0.15) is 18.8 Å². The standard InChI is InChI=1S/C25H25ClN2O4S.C25H25ClN2O3S/c1-32-22-13-15-23(16-14-22)33(30,31)28(21-11-9-20(26)10-12-21)18-25(29)27-17-5-8-24(27)19-6-3-2-4-7-19;1-19-9-15-23(16-10-19)32(30,31)28(22-13-11-21(26)12-14-22)18-25(29)27-17-5-8-24(27)20-6-3-2-4-7-20/h2-4,6-7,9-16,24H,5,8,17-18H2,1H3;2-4,6-7,9-16,24H,5,8,17-18H2,1H3. The Kier molecular flexibility index (Phi) is 15.2. The summed E-state index contributed by atoms with van der Waals surface area (Å²) in [7, 11) is -6.44. The van der Waals surface area contributed by atoms with E-state index in [0.29, 0.717) is 40.3 Å². The minimum atomic E-state index is -4.01. The molecule has 0 spiro atoms. The first-order chi connectivity index (χ1) is 31.3. The highest BCUT2D eigenvalue weighted by molar-refractivity contribution is 7.93. The summed E-state index contributed by atoms with van der Waals surface area (Å²) in [5.74, 6) is 0.0845. The van der Waals surface area contributed by atoms with Crippen molar-refractivity contribution in [2.75, 3.05) is 41.9 Å². The zero-order chi connectivity index (χ0) is 46.1. The maximum atomic E-state index is 13.6. The molecular weight excluding hydrogens is 904 g/mol. The minimum absolute atomic E-state index is 0.0437. The molecule has 11 nitrogen and oxygen atoms in total. The number of carbonyl (C=O) groups is 2. The first-order valence-electron chi connectivity index (χ1n) is 21.2. The van der Waals surface area contributed by atoms with E-state index in [1.54, 1.807) is 94.7 Å². The van der Waals surface area contributed by atoms with Crippen molar-refractivity contribution in [3.63, 3.8) is 0 Å². The number of sulfonamides is 2. The van der Waals surface area contributed by atoms with Crippen molar-refractivity contribution < 1.29 is 31.2 Å². The molecule has 0 aromatic heterocycles. The predicted molar refractivity (Wildman–Crippen MR) is 256 cm³/mol. The Balaban J connectivity index is 0.000000194. The molecule has 338 valence electrons. The van der Waals surface area contributed by atoms with Crippen molar-refractivity contribution in [2.24, 2.45) is 0 Å². The first-order valence-corrected chi connectivity index (χ1v) is 24.9. The third-order valence-corrected chi connectivity index (χ3v) is 15.6. The molecular formula is C50H50Cl2N4O7S2. The molecule has 2 saturated heterocycles. The van der Waals surface area contributed by atoms with E-state index in [1.165, 1.54) is 23.5 Å². The molecule has 2 heterocycles. The fraction of sp³-hybridized carbons (Fsp3) is 0.240. The summed E-state index contributed by atoms with van der Waals surface area (Å²) in [6.07, 6.45) is 3.47. The number of benzene rings is 6. The third-order valence-electron chi connectivity index (χ3n) is 11.6. The van der Waals surface area contributed by atoms with Crippen LogP contribution >= 0.6 is 23.2 Å². The molecule has 8 rings (SSSR count). The summed E-state index contributed by atoms with van der Waals surface area (Å²) in [5, 5.41) is 0.979. The highest BCUT2D eigenvalue weighted by atomic mass is 35.5. The fourth-order valence-electron chi connectivity index (χ4n) is 8.16. The molecule has 15 heteroatoms. The van der Waals surface area contributed by atoms with Crippen molar-refractivity contribution in [1.82, 2.24) is 9.80 Å². The molecule has 2 aliphatic rings. The number of methoxy groups -OCH3 is 1. The molecule has 2 aliphatic heterocycles. The van der Waals surface area contributed by atoms with Crippen LogP contribution in [0.3, 0.4) is 0 Å². The molecule has 65 heavy (non-hydrogen) atoms. The molecule has 6 aromatic carbocycles. The predicted octanol–water partition coefficient (Wildman–Crippen LogP) is 10.1. The third kappa shape index (κ3) is 11.2. The number of anilines is 2. The van der Waals surface area contributed by atoms with Crippen LogP contribution in [0, 0.1) is 6.92 Å². The molecule has 0 bridgehead atoms. The van der Waals surface area contributed by atoms with Gasteiger partial charge in [-0.25, -0.2) is 16.8 Å². The quantitative estimate of drug-likeness (QED) is 0.113. The van der Waals surface area contributed by atoms with Crippen LogP contribution in [-0.2, 0) is 29.6 Å². The van der Waals surface area contributed by atoms with E-state index < -0.39 is 20.0 Å². The van der Waals surface area contributed by atoms with Crippen LogP contribution in [0.15, 0.2) is 168 Å². The summed E-state index contributed by atoms with van der Waals surface area (Å²) in [4.78, 5) is 30.6. The average Bonchev–Trinajstić information content (AvgIpc) is 4.03. The van der Waals surface area contributed by atoms with Crippen molar-refractivity contribution in [2.45, 2.75) is 54.5 Å². The minimum Gasteiger partial charge on any atom is -0.497 e. The molecule has 0 saturated carbocycles. The number of ether oxygens (including phenoxy) is 1. The summed E-state index contributed by atoms with van der Waals surface area (Å²) < 4.78 is 61.8. The highest BCUT2D eigenvalue weighted by Crippen LogP contribution is 2.35. The molecule has 2 amide bonds. The molecule has 2 unspecified atom stereocenters. The van der Waals surface area contributed by atoms with Crippen molar-refractivity contribution in [1.29, 1.82) is 0 Å². The van der Waals surface area contributed by atoms with Gasteiger partial charge in [-0.05, 0) is 129 Å². The summed E-state index contributed by atoms with van der Waals surface area (Å²) in [5.41, 5.74) is 3.86. The summed E-state index contributed by atoms with van der Waals surface area (Å²) in [6, 6.07) is 45.3. The van der Waals surface area contributed by atoms with Crippen LogP contribution in [0.2, 0.25) is 10.0 Å². The molecule has 2 fully saturated rings. The van der Waals surface area contributed by atoms with Gasteiger partial charge in [0.25, 0.3) is 20.0 Å². The molecule has 2 atom stereocenters. The van der Waals surface area contributed by atoms with Gasteiger partial charge in [0.2, 0.25) is 11.8 Å². The van der Waals surface area contributed by atoms with Gasteiger partial charge in [-0.3, -0.25) is 18.2 Å². The number of likely N-dealkylation sites (tertiary alicyclic amines) is 2. The first kappa shape index (κ1) is 47.1.